The van der Waals surface area contributed by atoms with Gasteiger partial charge in [0, 0.05) is 16.7 Å². The molecular weight excluding hydrogens is 300 g/mol. The lowest BCUT2D eigenvalue weighted by Gasteiger charge is -2.09. The van der Waals surface area contributed by atoms with Gasteiger partial charge in [0.2, 0.25) is 0 Å². The van der Waals surface area contributed by atoms with Crippen LogP contribution in [-0.4, -0.2) is 0 Å². The molecule has 0 amide bonds. The maximum atomic E-state index is 8.62. The smallest absolute Gasteiger partial charge is 0.0669 e. The SMILES string of the molecule is Cc1ccc(CNc2ccc(CC#N)cc2)c(Br)c1. The van der Waals surface area contributed by atoms with Crippen molar-refractivity contribution in [3.63, 3.8) is 0 Å². The Kier molecular flexibility index (Phi) is 4.59. The van der Waals surface area contributed by atoms with Gasteiger partial charge in [-0.3, -0.25) is 0 Å². The summed E-state index contributed by atoms with van der Waals surface area (Å²) in [5.41, 5.74) is 4.59. The molecule has 2 aromatic rings. The van der Waals surface area contributed by atoms with Gasteiger partial charge in [-0.05, 0) is 41.8 Å². The van der Waals surface area contributed by atoms with E-state index in [-0.39, 0.29) is 0 Å². The maximum absolute atomic E-state index is 8.62. The molecule has 2 rings (SSSR count). The molecule has 0 atom stereocenters. The van der Waals surface area contributed by atoms with Gasteiger partial charge in [-0.2, -0.15) is 5.26 Å². The third-order valence-corrected chi connectivity index (χ3v) is 3.67. The topological polar surface area (TPSA) is 35.8 Å². The van der Waals surface area contributed by atoms with E-state index >= 15 is 0 Å². The molecule has 0 aromatic heterocycles. The lowest BCUT2D eigenvalue weighted by molar-refractivity contribution is 1.13. The third-order valence-electron chi connectivity index (χ3n) is 2.93. The number of halogens is 1. The first-order valence-electron chi connectivity index (χ1n) is 6.14. The monoisotopic (exact) mass is 314 g/mol. The number of nitrogens with one attached hydrogen (secondary N) is 1. The van der Waals surface area contributed by atoms with Gasteiger partial charge in [0.25, 0.3) is 0 Å². The minimum atomic E-state index is 0.462. The molecule has 1 N–H and O–H groups in total. The normalized spacial score (nSPS) is 9.95. The summed E-state index contributed by atoms with van der Waals surface area (Å²) in [6.45, 7) is 2.86. The highest BCUT2D eigenvalue weighted by Crippen LogP contribution is 2.20. The second-order valence-electron chi connectivity index (χ2n) is 4.48. The van der Waals surface area contributed by atoms with Crippen LogP contribution >= 0.6 is 15.9 Å². The summed E-state index contributed by atoms with van der Waals surface area (Å²) < 4.78 is 1.13. The number of aryl methyl sites for hydroxylation is 1. The van der Waals surface area contributed by atoms with Gasteiger partial charge in [0.15, 0.2) is 0 Å². The standard InChI is InChI=1S/C16H15BrN2/c1-12-2-5-14(16(17)10-12)11-19-15-6-3-13(4-7-15)8-9-18/h2-7,10,19H,8,11H2,1H3. The molecule has 0 radical (unpaired) electrons. The Labute approximate surface area is 122 Å². The average molecular weight is 315 g/mol. The van der Waals surface area contributed by atoms with Crippen LogP contribution in [0.3, 0.4) is 0 Å². The number of benzene rings is 2. The molecule has 0 aliphatic heterocycles. The molecule has 3 heteroatoms. The number of anilines is 1. The van der Waals surface area contributed by atoms with E-state index in [1.807, 2.05) is 24.3 Å². The van der Waals surface area contributed by atoms with E-state index in [4.69, 9.17) is 5.26 Å². The highest BCUT2D eigenvalue weighted by Gasteiger charge is 2.00. The van der Waals surface area contributed by atoms with Gasteiger partial charge in [0.05, 0.1) is 12.5 Å². The number of nitrogens with zero attached hydrogens (tertiary/aromatic N) is 1. The van der Waals surface area contributed by atoms with Gasteiger partial charge < -0.3 is 5.32 Å². The summed E-state index contributed by atoms with van der Waals surface area (Å²) in [6.07, 6.45) is 0.462. The van der Waals surface area contributed by atoms with Crippen molar-refractivity contribution >= 4 is 21.6 Å². The minimum absolute atomic E-state index is 0.462. The first-order valence-corrected chi connectivity index (χ1v) is 6.93. The van der Waals surface area contributed by atoms with E-state index in [2.05, 4.69) is 52.4 Å². The van der Waals surface area contributed by atoms with Crippen molar-refractivity contribution in [2.24, 2.45) is 0 Å². The van der Waals surface area contributed by atoms with Crippen LogP contribution in [-0.2, 0) is 13.0 Å². The Bertz CT molecular complexity index is 597. The van der Waals surface area contributed by atoms with E-state index in [1.54, 1.807) is 0 Å². The molecule has 2 aromatic carbocycles. The lowest BCUT2D eigenvalue weighted by Crippen LogP contribution is -2.00. The van der Waals surface area contributed by atoms with Crippen LogP contribution in [0.2, 0.25) is 0 Å². The zero-order chi connectivity index (χ0) is 13.7. The van der Waals surface area contributed by atoms with E-state index in [1.165, 1.54) is 11.1 Å². The fourth-order valence-corrected chi connectivity index (χ4v) is 2.46. The molecule has 19 heavy (non-hydrogen) atoms. The van der Waals surface area contributed by atoms with Crippen LogP contribution in [0.4, 0.5) is 5.69 Å². The Morgan fingerprint density at radius 1 is 1.16 bits per heavy atom. The summed E-state index contributed by atoms with van der Waals surface area (Å²) >= 11 is 3.58. The molecule has 96 valence electrons. The Balaban J connectivity index is 2.00. The summed E-state index contributed by atoms with van der Waals surface area (Å²) in [6, 6.07) is 16.5. The molecular formula is C16H15BrN2. The highest BCUT2D eigenvalue weighted by atomic mass is 79.9. The van der Waals surface area contributed by atoms with Crippen molar-refractivity contribution in [3.8, 4) is 6.07 Å². The predicted octanol–water partition coefficient (Wildman–Crippen LogP) is 4.44. The first-order chi connectivity index (χ1) is 9.19. The fraction of sp³-hybridized carbons (Fsp3) is 0.188. The van der Waals surface area contributed by atoms with Gasteiger partial charge in [-0.25, -0.2) is 0 Å². The number of nitriles is 1. The van der Waals surface area contributed by atoms with Crippen molar-refractivity contribution in [3.05, 3.63) is 63.6 Å². The molecule has 0 unspecified atom stereocenters. The van der Waals surface area contributed by atoms with Crippen LogP contribution in [0, 0.1) is 18.3 Å². The summed E-state index contributed by atoms with van der Waals surface area (Å²) in [5.74, 6) is 0. The summed E-state index contributed by atoms with van der Waals surface area (Å²) in [7, 11) is 0. The van der Waals surface area contributed by atoms with Crippen LogP contribution in [0.1, 0.15) is 16.7 Å². The second kappa shape index (κ2) is 6.40. The van der Waals surface area contributed by atoms with Crippen LogP contribution in [0.25, 0.3) is 0 Å². The van der Waals surface area contributed by atoms with E-state index in [0.717, 1.165) is 22.3 Å². The minimum Gasteiger partial charge on any atom is -0.381 e. The molecule has 0 aliphatic rings. The lowest BCUT2D eigenvalue weighted by atomic mass is 10.1. The van der Waals surface area contributed by atoms with E-state index < -0.39 is 0 Å². The molecule has 0 heterocycles. The molecule has 0 saturated heterocycles. The van der Waals surface area contributed by atoms with Crippen molar-refractivity contribution in [2.75, 3.05) is 5.32 Å². The Morgan fingerprint density at radius 2 is 1.89 bits per heavy atom. The van der Waals surface area contributed by atoms with Gasteiger partial charge in [-0.1, -0.05) is 40.2 Å². The Morgan fingerprint density at radius 3 is 2.53 bits per heavy atom. The van der Waals surface area contributed by atoms with Crippen molar-refractivity contribution in [1.29, 1.82) is 5.26 Å². The molecule has 2 nitrogen and oxygen atoms in total. The maximum Gasteiger partial charge on any atom is 0.0669 e. The second-order valence-corrected chi connectivity index (χ2v) is 5.33. The summed E-state index contributed by atoms with van der Waals surface area (Å²) in [4.78, 5) is 0. The average Bonchev–Trinajstić information content (AvgIpc) is 2.40. The zero-order valence-electron chi connectivity index (χ0n) is 10.8. The van der Waals surface area contributed by atoms with Crippen molar-refractivity contribution in [2.45, 2.75) is 19.9 Å². The number of hydrogen-bond donors (Lipinski definition) is 1. The quantitative estimate of drug-likeness (QED) is 0.905. The molecule has 0 saturated carbocycles. The van der Waals surface area contributed by atoms with Crippen molar-refractivity contribution in [1.82, 2.24) is 0 Å². The van der Waals surface area contributed by atoms with Gasteiger partial charge >= 0.3 is 0 Å². The van der Waals surface area contributed by atoms with Crippen molar-refractivity contribution < 1.29 is 0 Å². The predicted molar refractivity (Wildman–Crippen MR) is 82.0 cm³/mol. The number of hydrogen-bond acceptors (Lipinski definition) is 2. The number of rotatable bonds is 4. The van der Waals surface area contributed by atoms with E-state index in [9.17, 15) is 0 Å². The van der Waals surface area contributed by atoms with Crippen LogP contribution in [0.5, 0.6) is 0 Å². The van der Waals surface area contributed by atoms with Crippen LogP contribution in [0.15, 0.2) is 46.9 Å². The highest BCUT2D eigenvalue weighted by molar-refractivity contribution is 9.10. The molecule has 0 aliphatic carbocycles. The van der Waals surface area contributed by atoms with Gasteiger partial charge in [-0.15, -0.1) is 0 Å². The largest absolute Gasteiger partial charge is 0.381 e. The Hall–Kier alpha value is -1.79. The van der Waals surface area contributed by atoms with E-state index in [0.29, 0.717) is 6.42 Å². The summed E-state index contributed by atoms with van der Waals surface area (Å²) in [5, 5.41) is 12.0. The van der Waals surface area contributed by atoms with Gasteiger partial charge in [0.1, 0.15) is 0 Å². The molecule has 0 spiro atoms. The van der Waals surface area contributed by atoms with Crippen LogP contribution < -0.4 is 5.32 Å². The fourth-order valence-electron chi connectivity index (χ4n) is 1.82. The molecule has 0 fully saturated rings. The third kappa shape index (κ3) is 3.84. The first kappa shape index (κ1) is 13.6. The molecule has 0 bridgehead atoms. The zero-order valence-corrected chi connectivity index (χ0v) is 12.4.